The van der Waals surface area contributed by atoms with Crippen LogP contribution in [0.3, 0.4) is 0 Å². The van der Waals surface area contributed by atoms with Crippen LogP contribution in [0.25, 0.3) is 32.7 Å². The second kappa shape index (κ2) is 6.70. The third-order valence-corrected chi connectivity index (χ3v) is 5.01. The standard InChI is InChI=1S/C23H20S/c24-16-8-15-18-19-11-4-6-13-21(19)23(17-9-2-1-3-10-17)22-14-7-5-12-20(18)22/h1-7,9-14,24H,8,15-16H2. The minimum absolute atomic E-state index is 0.920. The van der Waals surface area contributed by atoms with Crippen molar-refractivity contribution < 1.29 is 0 Å². The molecule has 0 aromatic heterocycles. The van der Waals surface area contributed by atoms with Gasteiger partial charge in [0.05, 0.1) is 0 Å². The minimum atomic E-state index is 0.920. The van der Waals surface area contributed by atoms with Gasteiger partial charge in [0.1, 0.15) is 0 Å². The molecule has 0 nitrogen and oxygen atoms in total. The molecule has 4 aromatic rings. The zero-order valence-corrected chi connectivity index (χ0v) is 14.5. The SMILES string of the molecule is SCCCc1c2ccccc2c(-c2ccccc2)c2ccccc12. The van der Waals surface area contributed by atoms with Crippen LogP contribution in [0, 0.1) is 0 Å². The van der Waals surface area contributed by atoms with Crippen LogP contribution < -0.4 is 0 Å². The van der Waals surface area contributed by atoms with E-state index in [1.54, 1.807) is 0 Å². The van der Waals surface area contributed by atoms with E-state index in [0.29, 0.717) is 0 Å². The monoisotopic (exact) mass is 328 g/mol. The van der Waals surface area contributed by atoms with Gasteiger partial charge in [0.15, 0.2) is 0 Å². The van der Waals surface area contributed by atoms with Crippen molar-refractivity contribution in [1.82, 2.24) is 0 Å². The molecule has 0 saturated carbocycles. The van der Waals surface area contributed by atoms with Gasteiger partial charge in [-0.25, -0.2) is 0 Å². The van der Waals surface area contributed by atoms with Crippen molar-refractivity contribution in [3.05, 3.63) is 84.4 Å². The van der Waals surface area contributed by atoms with Gasteiger partial charge >= 0.3 is 0 Å². The van der Waals surface area contributed by atoms with E-state index in [0.717, 1.165) is 18.6 Å². The Labute approximate surface area is 148 Å². The molecule has 1 heteroatoms. The summed E-state index contributed by atoms with van der Waals surface area (Å²) in [5, 5.41) is 5.43. The van der Waals surface area contributed by atoms with Gasteiger partial charge in [-0.2, -0.15) is 12.6 Å². The first-order valence-corrected chi connectivity index (χ1v) is 9.12. The molecule has 0 unspecified atom stereocenters. The fraction of sp³-hybridized carbons (Fsp3) is 0.130. The summed E-state index contributed by atoms with van der Waals surface area (Å²) in [7, 11) is 0. The molecule has 0 aliphatic rings. The minimum Gasteiger partial charge on any atom is -0.179 e. The second-order valence-corrected chi connectivity index (χ2v) is 6.59. The van der Waals surface area contributed by atoms with Crippen molar-refractivity contribution in [2.24, 2.45) is 0 Å². The zero-order valence-electron chi connectivity index (χ0n) is 13.6. The molecule has 118 valence electrons. The second-order valence-electron chi connectivity index (χ2n) is 6.14. The highest BCUT2D eigenvalue weighted by Crippen LogP contribution is 2.39. The molecule has 0 fully saturated rings. The van der Waals surface area contributed by atoms with Gasteiger partial charge in [0.25, 0.3) is 0 Å². The highest BCUT2D eigenvalue weighted by atomic mass is 32.1. The molecular weight excluding hydrogens is 308 g/mol. The molecule has 0 saturated heterocycles. The Morgan fingerprint density at radius 3 is 1.62 bits per heavy atom. The van der Waals surface area contributed by atoms with Gasteiger partial charge in [0, 0.05) is 0 Å². The third-order valence-electron chi connectivity index (χ3n) is 4.69. The van der Waals surface area contributed by atoms with Gasteiger partial charge in [0.2, 0.25) is 0 Å². The predicted octanol–water partition coefficient (Wildman–Crippen LogP) is 6.52. The van der Waals surface area contributed by atoms with Gasteiger partial charge in [-0.15, -0.1) is 0 Å². The molecule has 0 aliphatic carbocycles. The Morgan fingerprint density at radius 2 is 1.08 bits per heavy atom. The summed E-state index contributed by atoms with van der Waals surface area (Å²) >= 11 is 4.42. The summed E-state index contributed by atoms with van der Waals surface area (Å²) in [5.74, 6) is 0.920. The summed E-state index contributed by atoms with van der Waals surface area (Å²) in [4.78, 5) is 0. The maximum Gasteiger partial charge on any atom is -0.00266 e. The van der Waals surface area contributed by atoms with E-state index in [9.17, 15) is 0 Å². The third kappa shape index (κ3) is 2.59. The van der Waals surface area contributed by atoms with Gasteiger partial charge < -0.3 is 0 Å². The first kappa shape index (κ1) is 15.3. The molecular formula is C23H20S. The summed E-state index contributed by atoms with van der Waals surface area (Å²) in [6, 6.07) is 28.4. The maximum atomic E-state index is 4.42. The first-order valence-electron chi connectivity index (χ1n) is 8.49. The van der Waals surface area contributed by atoms with Crippen molar-refractivity contribution in [3.8, 4) is 11.1 Å². The Morgan fingerprint density at radius 1 is 0.583 bits per heavy atom. The smallest absolute Gasteiger partial charge is 0.00266 e. The molecule has 0 atom stereocenters. The lowest BCUT2D eigenvalue weighted by Crippen LogP contribution is -1.94. The van der Waals surface area contributed by atoms with Gasteiger partial charge in [-0.1, -0.05) is 78.9 Å². The number of fused-ring (bicyclic) bond motifs is 2. The lowest BCUT2D eigenvalue weighted by atomic mass is 9.87. The fourth-order valence-electron chi connectivity index (χ4n) is 3.66. The predicted molar refractivity (Wildman–Crippen MR) is 109 cm³/mol. The summed E-state index contributed by atoms with van der Waals surface area (Å²) in [5.41, 5.74) is 4.08. The Kier molecular flexibility index (Phi) is 4.27. The number of rotatable bonds is 4. The van der Waals surface area contributed by atoms with Crippen molar-refractivity contribution in [2.75, 3.05) is 5.75 Å². The van der Waals surface area contributed by atoms with Crippen LogP contribution in [0.2, 0.25) is 0 Å². The average Bonchev–Trinajstić information content (AvgIpc) is 2.66. The molecule has 0 N–H and O–H groups in total. The van der Waals surface area contributed by atoms with Crippen LogP contribution in [-0.4, -0.2) is 5.75 Å². The number of thiol groups is 1. The van der Waals surface area contributed by atoms with Crippen molar-refractivity contribution in [3.63, 3.8) is 0 Å². The normalized spacial score (nSPS) is 11.2. The van der Waals surface area contributed by atoms with E-state index in [1.165, 1.54) is 38.2 Å². The summed E-state index contributed by atoms with van der Waals surface area (Å²) in [6.07, 6.45) is 2.17. The van der Waals surface area contributed by atoms with E-state index >= 15 is 0 Å². The highest BCUT2D eigenvalue weighted by molar-refractivity contribution is 7.80. The van der Waals surface area contributed by atoms with Gasteiger partial charge in [-0.05, 0) is 56.8 Å². The van der Waals surface area contributed by atoms with Crippen molar-refractivity contribution >= 4 is 34.2 Å². The molecule has 0 radical (unpaired) electrons. The van der Waals surface area contributed by atoms with Crippen LogP contribution in [0.4, 0.5) is 0 Å². The number of benzene rings is 4. The van der Waals surface area contributed by atoms with Crippen LogP contribution in [0.5, 0.6) is 0 Å². The molecule has 0 heterocycles. The van der Waals surface area contributed by atoms with E-state index in [4.69, 9.17) is 0 Å². The average molecular weight is 328 g/mol. The quantitative estimate of drug-likeness (QED) is 0.320. The molecule has 4 rings (SSSR count). The van der Waals surface area contributed by atoms with E-state index in [1.807, 2.05) is 0 Å². The van der Waals surface area contributed by atoms with Crippen LogP contribution in [-0.2, 0) is 6.42 Å². The Hall–Kier alpha value is -2.25. The van der Waals surface area contributed by atoms with E-state index in [2.05, 4.69) is 91.5 Å². The van der Waals surface area contributed by atoms with Crippen LogP contribution >= 0.6 is 12.6 Å². The lowest BCUT2D eigenvalue weighted by molar-refractivity contribution is 0.952. The van der Waals surface area contributed by atoms with E-state index in [-0.39, 0.29) is 0 Å². The Bertz CT molecular complexity index is 930. The summed E-state index contributed by atoms with van der Waals surface area (Å²) in [6.45, 7) is 0. The zero-order chi connectivity index (χ0) is 16.4. The number of hydrogen-bond donors (Lipinski definition) is 1. The molecule has 0 bridgehead atoms. The molecule has 0 amide bonds. The van der Waals surface area contributed by atoms with E-state index < -0.39 is 0 Å². The highest BCUT2D eigenvalue weighted by Gasteiger charge is 2.14. The number of hydrogen-bond acceptors (Lipinski definition) is 1. The first-order chi connectivity index (χ1) is 11.9. The molecule has 0 spiro atoms. The topological polar surface area (TPSA) is 0 Å². The van der Waals surface area contributed by atoms with Crippen LogP contribution in [0.15, 0.2) is 78.9 Å². The maximum absolute atomic E-state index is 4.42. The van der Waals surface area contributed by atoms with Crippen molar-refractivity contribution in [2.45, 2.75) is 12.8 Å². The number of aryl methyl sites for hydroxylation is 1. The van der Waals surface area contributed by atoms with Crippen LogP contribution in [0.1, 0.15) is 12.0 Å². The van der Waals surface area contributed by atoms with Crippen molar-refractivity contribution in [1.29, 1.82) is 0 Å². The lowest BCUT2D eigenvalue weighted by Gasteiger charge is -2.17. The molecule has 4 aromatic carbocycles. The molecule has 24 heavy (non-hydrogen) atoms. The summed E-state index contributed by atoms with van der Waals surface area (Å²) < 4.78 is 0. The van der Waals surface area contributed by atoms with Gasteiger partial charge in [-0.3, -0.25) is 0 Å². The largest absolute Gasteiger partial charge is 0.179 e. The fourth-order valence-corrected chi connectivity index (χ4v) is 3.82. The molecule has 0 aliphatic heterocycles. The Balaban J connectivity index is 2.15.